The largest absolute Gasteiger partial charge is 0.497 e. The van der Waals surface area contributed by atoms with Gasteiger partial charge in [-0.2, -0.15) is 0 Å². The minimum atomic E-state index is -4.56. The summed E-state index contributed by atoms with van der Waals surface area (Å²) in [5.41, 5.74) is 5.67. The minimum absolute atomic E-state index is 0.0197. The van der Waals surface area contributed by atoms with Crippen LogP contribution in [0.1, 0.15) is 91.4 Å². The van der Waals surface area contributed by atoms with Gasteiger partial charge in [0.05, 0.1) is 28.7 Å². The monoisotopic (exact) mass is 996 g/mol. The highest BCUT2D eigenvalue weighted by Crippen LogP contribution is 2.53. The Morgan fingerprint density at radius 3 is 2.47 bits per heavy atom. The molecule has 4 aromatic carbocycles. The van der Waals surface area contributed by atoms with E-state index in [2.05, 4.69) is 85.0 Å². The number of piperidine rings is 1. The molecule has 3 N–H and O–H groups in total. The van der Waals surface area contributed by atoms with Crippen LogP contribution in [0.4, 0.5) is 17.1 Å². The van der Waals surface area contributed by atoms with Crippen LogP contribution in [0.5, 0.6) is 17.2 Å². The van der Waals surface area contributed by atoms with Gasteiger partial charge >= 0.3 is 0 Å². The van der Waals surface area contributed by atoms with Gasteiger partial charge < -0.3 is 29.4 Å². The molecular formula is C55H64N8O8S. The van der Waals surface area contributed by atoms with E-state index in [-0.39, 0.29) is 28.3 Å². The summed E-state index contributed by atoms with van der Waals surface area (Å²) in [6, 6.07) is 30.7. The molecule has 1 saturated carbocycles. The molecule has 1 atom stereocenters. The molecule has 16 nitrogen and oxygen atoms in total. The molecule has 1 aliphatic carbocycles. The van der Waals surface area contributed by atoms with E-state index in [1.165, 1.54) is 28.8 Å². The van der Waals surface area contributed by atoms with Crippen molar-refractivity contribution in [2.24, 2.45) is 11.3 Å². The summed E-state index contributed by atoms with van der Waals surface area (Å²) >= 11 is 0. The van der Waals surface area contributed by atoms with Crippen molar-refractivity contribution in [3.63, 3.8) is 0 Å². The summed E-state index contributed by atoms with van der Waals surface area (Å²) in [6.45, 7) is 11.8. The number of sulfonamides is 1. The van der Waals surface area contributed by atoms with Crippen LogP contribution in [-0.4, -0.2) is 105 Å². The summed E-state index contributed by atoms with van der Waals surface area (Å²) in [5, 5.41) is 16.1. The highest BCUT2D eigenvalue weighted by Gasteiger charge is 2.50. The molecule has 0 bridgehead atoms. The number of nitro groups is 1. The number of nitrogens with one attached hydrogen (secondary N) is 3. The van der Waals surface area contributed by atoms with Gasteiger partial charge in [-0.25, -0.2) is 18.1 Å². The van der Waals surface area contributed by atoms with E-state index in [0.717, 1.165) is 101 Å². The van der Waals surface area contributed by atoms with Crippen LogP contribution >= 0.6 is 0 Å². The Morgan fingerprint density at radius 1 is 0.944 bits per heavy atom. The van der Waals surface area contributed by atoms with Crippen molar-refractivity contribution < 1.29 is 32.3 Å². The summed E-state index contributed by atoms with van der Waals surface area (Å²) in [5.74, 6) is 1.14. The smallest absolute Gasteiger partial charge is 0.293 e. The molecule has 72 heavy (non-hydrogen) atoms. The van der Waals surface area contributed by atoms with E-state index < -0.39 is 31.4 Å². The van der Waals surface area contributed by atoms with E-state index >= 15 is 0 Å². The lowest BCUT2D eigenvalue weighted by Crippen LogP contribution is -2.60. The van der Waals surface area contributed by atoms with E-state index in [0.29, 0.717) is 49.2 Å². The minimum Gasteiger partial charge on any atom is -0.497 e. The Labute approximate surface area is 421 Å². The number of fused-ring (bicyclic) bond motifs is 1. The number of pyridine rings is 1. The van der Waals surface area contributed by atoms with Crippen molar-refractivity contribution >= 4 is 44.0 Å². The molecule has 5 heterocycles. The molecule has 3 saturated heterocycles. The average molecular weight is 997 g/mol. The molecule has 1 unspecified atom stereocenters. The van der Waals surface area contributed by atoms with Crippen LogP contribution in [0.25, 0.3) is 11.0 Å². The molecule has 1 spiro atoms. The average Bonchev–Trinajstić information content (AvgIpc) is 3.86. The highest BCUT2D eigenvalue weighted by molar-refractivity contribution is 7.90. The highest BCUT2D eigenvalue weighted by atomic mass is 32.2. The number of H-pyrrole nitrogens is 1. The summed E-state index contributed by atoms with van der Waals surface area (Å²) < 4.78 is 47.0. The van der Waals surface area contributed by atoms with Gasteiger partial charge in [0, 0.05) is 101 Å². The van der Waals surface area contributed by atoms with Gasteiger partial charge in [-0.15, -0.1) is 0 Å². The topological polar surface area (TPSA) is 184 Å². The first kappa shape index (κ1) is 49.1. The fourth-order valence-electron chi connectivity index (χ4n) is 11.4. The van der Waals surface area contributed by atoms with Gasteiger partial charge in [0.2, 0.25) is 0 Å². The number of aromatic amines is 1. The number of amides is 1. The Bertz CT molecular complexity index is 3010. The second kappa shape index (κ2) is 20.9. The molecule has 17 heteroatoms. The molecule has 2 aromatic heterocycles. The molecule has 3 aliphatic heterocycles. The van der Waals surface area contributed by atoms with Crippen molar-refractivity contribution in [1.29, 1.82) is 0 Å². The number of nitro benzene ring substituents is 1. The number of benzene rings is 4. The fourth-order valence-corrected chi connectivity index (χ4v) is 12.4. The number of aromatic nitrogens is 2. The van der Waals surface area contributed by atoms with Crippen LogP contribution in [0, 0.1) is 21.4 Å². The zero-order chi connectivity index (χ0) is 50.0. The SMILES string of the molecule is COc1ccc(CN2CCN(C3CC4(CCN(c5ccc(C(=O)NS(=O)(=O)c6ccc(NCC7CCOCC7)c([N+](=O)[O-])c6)c(Oc6cnc7[nH]ccc7c6)c5)CC4)C3)C(c3ccccc3C(C)C)C2)cc1. The van der Waals surface area contributed by atoms with Crippen molar-refractivity contribution in [3.05, 3.63) is 142 Å². The summed E-state index contributed by atoms with van der Waals surface area (Å²) in [4.78, 5) is 40.5. The van der Waals surface area contributed by atoms with E-state index in [9.17, 15) is 23.3 Å². The maximum absolute atomic E-state index is 14.1. The number of carbonyl (C=O) groups is 1. The van der Waals surface area contributed by atoms with E-state index in [4.69, 9.17) is 14.2 Å². The Hall–Kier alpha value is -6.53. The van der Waals surface area contributed by atoms with Gasteiger partial charge in [-0.05, 0) is 121 Å². The Balaban J connectivity index is 0.835. The molecular weight excluding hydrogens is 933 g/mol. The van der Waals surface area contributed by atoms with Crippen LogP contribution in [-0.2, 0) is 21.3 Å². The van der Waals surface area contributed by atoms with Gasteiger partial charge in [0.15, 0.2) is 0 Å². The molecule has 6 aromatic rings. The molecule has 1 amide bonds. The maximum atomic E-state index is 14.1. The van der Waals surface area contributed by atoms with Crippen molar-refractivity contribution in [2.75, 3.05) is 69.8 Å². The number of nitrogens with zero attached hydrogens (tertiary/aromatic N) is 5. The molecule has 0 radical (unpaired) electrons. The quantitative estimate of drug-likeness (QED) is 0.0616. The van der Waals surface area contributed by atoms with E-state index in [1.54, 1.807) is 37.7 Å². The lowest BCUT2D eigenvalue weighted by Gasteiger charge is -2.58. The summed E-state index contributed by atoms with van der Waals surface area (Å²) in [6.07, 6.45) is 9.31. The number of piperazine rings is 1. The molecule has 4 aliphatic rings. The van der Waals surface area contributed by atoms with Gasteiger partial charge in [0.25, 0.3) is 21.6 Å². The third-order valence-corrected chi connectivity index (χ3v) is 16.8. The number of carbonyl (C=O) groups excluding carboxylic acids is 1. The van der Waals surface area contributed by atoms with E-state index in [1.807, 2.05) is 24.3 Å². The summed E-state index contributed by atoms with van der Waals surface area (Å²) in [7, 11) is -2.86. The van der Waals surface area contributed by atoms with Crippen molar-refractivity contribution in [2.45, 2.75) is 81.8 Å². The number of hydrogen-bond donors (Lipinski definition) is 3. The van der Waals surface area contributed by atoms with Crippen LogP contribution in [0.15, 0.2) is 114 Å². The first-order chi connectivity index (χ1) is 34.8. The second-order valence-corrected chi connectivity index (χ2v) is 22.0. The number of anilines is 2. The lowest BCUT2D eigenvalue weighted by atomic mass is 9.59. The number of hydrogen-bond acceptors (Lipinski definition) is 13. The van der Waals surface area contributed by atoms with Crippen LogP contribution in [0.3, 0.4) is 0 Å². The Morgan fingerprint density at radius 2 is 1.72 bits per heavy atom. The zero-order valence-corrected chi connectivity index (χ0v) is 42.0. The predicted octanol–water partition coefficient (Wildman–Crippen LogP) is 9.66. The first-order valence-corrected chi connectivity index (χ1v) is 26.7. The number of ether oxygens (including phenoxy) is 3. The number of methoxy groups -OCH3 is 1. The lowest BCUT2D eigenvalue weighted by molar-refractivity contribution is -0.384. The third kappa shape index (κ3) is 10.7. The van der Waals surface area contributed by atoms with Gasteiger partial charge in [0.1, 0.15) is 28.6 Å². The third-order valence-electron chi connectivity index (χ3n) is 15.5. The second-order valence-electron chi connectivity index (χ2n) is 20.3. The number of rotatable bonds is 16. The normalized spacial score (nSPS) is 19.1. The standard InChI is InChI=1S/C55H64N8O8S/c1-37(2)46-6-4-5-7-47(46)51-36-60(35-39-8-11-43(69-3)12-9-39)24-25-62(51)42-31-55(32-42)19-22-61(23-20-55)41-10-14-48(52(29-41)71-44-28-40-16-21-56-53(40)58-34-44)54(64)59-72(67,68)45-13-15-49(50(30-45)63(65)66)57-33-38-17-26-70-27-18-38/h4-16,21,28-30,34,37-38,42,51,57H,17-20,22-27,31-33,35-36H2,1-3H3,(H,56,58)(H,59,64). The van der Waals surface area contributed by atoms with Gasteiger partial charge in [-0.3, -0.25) is 24.7 Å². The molecule has 10 rings (SSSR count). The van der Waals surface area contributed by atoms with Crippen LogP contribution in [0.2, 0.25) is 0 Å². The molecule has 378 valence electrons. The van der Waals surface area contributed by atoms with Crippen LogP contribution < -0.4 is 24.4 Å². The zero-order valence-electron chi connectivity index (χ0n) is 41.2. The van der Waals surface area contributed by atoms with Crippen molar-refractivity contribution in [1.82, 2.24) is 24.5 Å². The first-order valence-electron chi connectivity index (χ1n) is 25.2. The predicted molar refractivity (Wildman–Crippen MR) is 278 cm³/mol. The Kier molecular flexibility index (Phi) is 14.2. The van der Waals surface area contributed by atoms with Crippen molar-refractivity contribution in [3.8, 4) is 17.2 Å². The maximum Gasteiger partial charge on any atom is 0.293 e. The fraction of sp³-hybridized carbons (Fsp3) is 0.418. The molecule has 4 fully saturated rings. The van der Waals surface area contributed by atoms with Gasteiger partial charge in [-0.1, -0.05) is 50.2 Å².